The molecule has 8 heteroatoms. The van der Waals surface area contributed by atoms with Crippen LogP contribution in [0, 0.1) is 11.3 Å². The Morgan fingerprint density at radius 2 is 1.92 bits per heavy atom. The number of hydrogen-bond acceptors (Lipinski definition) is 7. The molecule has 26 heavy (non-hydrogen) atoms. The maximum absolute atomic E-state index is 8.83. The van der Waals surface area contributed by atoms with E-state index in [1.807, 2.05) is 30.3 Å². The fourth-order valence-electron chi connectivity index (χ4n) is 2.17. The Bertz CT molecular complexity index is 918. The maximum atomic E-state index is 8.83. The first kappa shape index (κ1) is 17.6. The van der Waals surface area contributed by atoms with Crippen molar-refractivity contribution < 1.29 is 9.47 Å². The van der Waals surface area contributed by atoms with Crippen LogP contribution in [-0.2, 0) is 12.4 Å². The highest BCUT2D eigenvalue weighted by Crippen LogP contribution is 2.22. The van der Waals surface area contributed by atoms with Crippen LogP contribution in [0.15, 0.2) is 53.7 Å². The van der Waals surface area contributed by atoms with Gasteiger partial charge in [0, 0.05) is 11.8 Å². The van der Waals surface area contributed by atoms with Gasteiger partial charge in [0.15, 0.2) is 5.82 Å². The van der Waals surface area contributed by atoms with Crippen molar-refractivity contribution in [2.75, 3.05) is 13.0 Å². The largest absolute Gasteiger partial charge is 0.497 e. The van der Waals surface area contributed by atoms with E-state index >= 15 is 0 Å². The molecule has 0 saturated heterocycles. The number of nitrogen functional groups attached to an aromatic ring is 1. The minimum absolute atomic E-state index is 0.202. The van der Waals surface area contributed by atoms with E-state index in [9.17, 15) is 0 Å². The summed E-state index contributed by atoms with van der Waals surface area (Å²) in [5.41, 5.74) is 1.71. The lowest BCUT2D eigenvalue weighted by molar-refractivity contribution is 0.289. The summed E-state index contributed by atoms with van der Waals surface area (Å²) in [5.74, 6) is 8.64. The molecule has 0 spiro atoms. The van der Waals surface area contributed by atoms with Gasteiger partial charge in [-0.3, -0.25) is 0 Å². The van der Waals surface area contributed by atoms with Gasteiger partial charge >= 0.3 is 0 Å². The fraction of sp³-hybridized carbons (Fsp3) is 0.167. The fourth-order valence-corrected chi connectivity index (χ4v) is 3.00. The lowest BCUT2D eigenvalue weighted by Gasteiger charge is -2.07. The van der Waals surface area contributed by atoms with Gasteiger partial charge in [-0.1, -0.05) is 30.0 Å². The Kier molecular flexibility index (Phi) is 5.61. The SMILES string of the molecule is COc1cccc(OCc2nnc(SCc3ccc(C#N)cc3)n2N)c1. The van der Waals surface area contributed by atoms with Crippen LogP contribution in [0.4, 0.5) is 0 Å². The Labute approximate surface area is 155 Å². The van der Waals surface area contributed by atoms with Gasteiger partial charge in [0.25, 0.3) is 0 Å². The summed E-state index contributed by atoms with van der Waals surface area (Å²) in [4.78, 5) is 0. The minimum atomic E-state index is 0.202. The van der Waals surface area contributed by atoms with Crippen LogP contribution in [0.3, 0.4) is 0 Å². The zero-order chi connectivity index (χ0) is 18.4. The minimum Gasteiger partial charge on any atom is -0.497 e. The second kappa shape index (κ2) is 8.27. The summed E-state index contributed by atoms with van der Waals surface area (Å²) in [6, 6.07) is 16.8. The second-order valence-electron chi connectivity index (χ2n) is 5.33. The summed E-state index contributed by atoms with van der Waals surface area (Å²) in [6.45, 7) is 0.202. The quantitative estimate of drug-likeness (QED) is 0.506. The zero-order valence-electron chi connectivity index (χ0n) is 14.1. The van der Waals surface area contributed by atoms with E-state index in [0.717, 1.165) is 11.3 Å². The van der Waals surface area contributed by atoms with E-state index in [0.29, 0.717) is 28.0 Å². The number of benzene rings is 2. The van der Waals surface area contributed by atoms with E-state index in [1.54, 1.807) is 25.3 Å². The zero-order valence-corrected chi connectivity index (χ0v) is 14.9. The van der Waals surface area contributed by atoms with Crippen LogP contribution in [0.2, 0.25) is 0 Å². The Hall–Kier alpha value is -3.18. The maximum Gasteiger partial charge on any atom is 0.210 e. The summed E-state index contributed by atoms with van der Waals surface area (Å²) in [5, 5.41) is 17.6. The van der Waals surface area contributed by atoms with Crippen LogP contribution in [0.1, 0.15) is 17.0 Å². The number of nitrogens with two attached hydrogens (primary N) is 1. The number of aromatic nitrogens is 3. The van der Waals surface area contributed by atoms with Crippen molar-refractivity contribution in [2.24, 2.45) is 0 Å². The molecule has 0 saturated carbocycles. The van der Waals surface area contributed by atoms with Crippen molar-refractivity contribution in [3.63, 3.8) is 0 Å². The van der Waals surface area contributed by atoms with Gasteiger partial charge in [0.2, 0.25) is 5.16 Å². The van der Waals surface area contributed by atoms with Gasteiger partial charge in [-0.05, 0) is 29.8 Å². The molecule has 0 fully saturated rings. The molecular formula is C18H17N5O2S. The first-order valence-corrected chi connectivity index (χ1v) is 8.76. The molecular weight excluding hydrogens is 350 g/mol. The van der Waals surface area contributed by atoms with Crippen LogP contribution in [0.5, 0.6) is 11.5 Å². The summed E-state index contributed by atoms with van der Waals surface area (Å²) in [7, 11) is 1.60. The van der Waals surface area contributed by atoms with Crippen LogP contribution < -0.4 is 15.3 Å². The molecule has 0 aliphatic rings. The molecule has 1 heterocycles. The van der Waals surface area contributed by atoms with Crippen molar-refractivity contribution >= 4 is 11.8 Å². The Balaban J connectivity index is 1.59. The predicted octanol–water partition coefficient (Wildman–Crippen LogP) is 2.74. The van der Waals surface area contributed by atoms with E-state index in [4.69, 9.17) is 20.6 Å². The van der Waals surface area contributed by atoms with Gasteiger partial charge in [-0.2, -0.15) is 5.26 Å². The molecule has 2 aromatic carbocycles. The molecule has 0 bridgehead atoms. The average molecular weight is 367 g/mol. The third-order valence-corrected chi connectivity index (χ3v) is 4.61. The van der Waals surface area contributed by atoms with E-state index < -0.39 is 0 Å². The molecule has 0 aliphatic carbocycles. The highest BCUT2D eigenvalue weighted by molar-refractivity contribution is 7.98. The van der Waals surface area contributed by atoms with Gasteiger partial charge in [0.1, 0.15) is 18.1 Å². The molecule has 0 unspecified atom stereocenters. The van der Waals surface area contributed by atoms with Crippen molar-refractivity contribution in [3.8, 4) is 17.6 Å². The molecule has 1 aromatic heterocycles. The predicted molar refractivity (Wildman–Crippen MR) is 98.2 cm³/mol. The standard InChI is InChI=1S/C18H17N5O2S/c1-24-15-3-2-4-16(9-15)25-11-17-21-22-18(23(17)20)26-12-14-7-5-13(10-19)6-8-14/h2-9H,11-12,20H2,1H3. The second-order valence-corrected chi connectivity index (χ2v) is 6.28. The topological polar surface area (TPSA) is 99.0 Å². The number of rotatable bonds is 7. The normalized spacial score (nSPS) is 10.3. The van der Waals surface area contributed by atoms with Crippen LogP contribution in [-0.4, -0.2) is 22.0 Å². The van der Waals surface area contributed by atoms with Crippen molar-refractivity contribution in [1.29, 1.82) is 5.26 Å². The van der Waals surface area contributed by atoms with Gasteiger partial charge in [-0.25, -0.2) is 4.68 Å². The van der Waals surface area contributed by atoms with Crippen molar-refractivity contribution in [1.82, 2.24) is 14.9 Å². The smallest absolute Gasteiger partial charge is 0.210 e. The van der Waals surface area contributed by atoms with Gasteiger partial charge < -0.3 is 15.3 Å². The van der Waals surface area contributed by atoms with Gasteiger partial charge in [-0.15, -0.1) is 10.2 Å². The van der Waals surface area contributed by atoms with Gasteiger partial charge in [0.05, 0.1) is 18.7 Å². The molecule has 0 atom stereocenters. The first-order chi connectivity index (χ1) is 12.7. The summed E-state index contributed by atoms with van der Waals surface area (Å²) < 4.78 is 12.3. The highest BCUT2D eigenvalue weighted by Gasteiger charge is 2.11. The molecule has 0 radical (unpaired) electrons. The van der Waals surface area contributed by atoms with E-state index in [2.05, 4.69) is 16.3 Å². The average Bonchev–Trinajstić information content (AvgIpc) is 3.05. The molecule has 7 nitrogen and oxygen atoms in total. The molecule has 3 rings (SSSR count). The monoisotopic (exact) mass is 367 g/mol. The third kappa shape index (κ3) is 4.26. The van der Waals surface area contributed by atoms with Crippen molar-refractivity contribution in [3.05, 3.63) is 65.5 Å². The number of thioether (sulfide) groups is 1. The molecule has 132 valence electrons. The number of methoxy groups -OCH3 is 1. The first-order valence-electron chi connectivity index (χ1n) is 7.77. The number of nitriles is 1. The summed E-state index contributed by atoms with van der Waals surface area (Å²) in [6.07, 6.45) is 0. The van der Waals surface area contributed by atoms with Crippen LogP contribution in [0.25, 0.3) is 0 Å². The van der Waals surface area contributed by atoms with E-state index in [-0.39, 0.29) is 6.61 Å². The van der Waals surface area contributed by atoms with Crippen molar-refractivity contribution in [2.45, 2.75) is 17.5 Å². The highest BCUT2D eigenvalue weighted by atomic mass is 32.2. The van der Waals surface area contributed by atoms with Crippen LogP contribution >= 0.6 is 11.8 Å². The summed E-state index contributed by atoms with van der Waals surface area (Å²) >= 11 is 1.47. The van der Waals surface area contributed by atoms with E-state index in [1.165, 1.54) is 16.4 Å². The molecule has 3 aromatic rings. The molecule has 0 amide bonds. The number of hydrogen-bond donors (Lipinski definition) is 1. The number of ether oxygens (including phenoxy) is 2. The Morgan fingerprint density at radius 3 is 2.65 bits per heavy atom. The lowest BCUT2D eigenvalue weighted by Crippen LogP contribution is -2.15. The third-order valence-electron chi connectivity index (χ3n) is 3.60. The lowest BCUT2D eigenvalue weighted by atomic mass is 10.2. The Morgan fingerprint density at radius 1 is 1.15 bits per heavy atom. The molecule has 2 N–H and O–H groups in total. The number of nitrogens with zero attached hydrogens (tertiary/aromatic N) is 4. The molecule has 0 aliphatic heterocycles.